The van der Waals surface area contributed by atoms with Crippen molar-refractivity contribution in [2.75, 3.05) is 39.9 Å². The van der Waals surface area contributed by atoms with Crippen molar-refractivity contribution in [1.82, 2.24) is 19.6 Å². The second kappa shape index (κ2) is 5.72. The second-order valence-corrected chi connectivity index (χ2v) is 6.30. The maximum atomic E-state index is 12.6. The Labute approximate surface area is 129 Å². The lowest BCUT2D eigenvalue weighted by molar-refractivity contribution is -0.132. The molecule has 1 aromatic rings. The summed E-state index contributed by atoms with van der Waals surface area (Å²) in [5.74, 6) is 0.0145. The SMILES string of the molecule is CCn1cc(C(=O)N2CCC3(COCC(=O)N(C)C3)C2)cn1. The fourth-order valence-electron chi connectivity index (χ4n) is 3.29. The van der Waals surface area contributed by atoms with E-state index in [1.54, 1.807) is 29.0 Å². The Balaban J connectivity index is 1.71. The van der Waals surface area contributed by atoms with Crippen molar-refractivity contribution >= 4 is 11.8 Å². The average molecular weight is 306 g/mol. The Kier molecular flexibility index (Phi) is 3.90. The molecule has 0 N–H and O–H groups in total. The summed E-state index contributed by atoms with van der Waals surface area (Å²) < 4.78 is 7.27. The van der Waals surface area contributed by atoms with Crippen LogP contribution in [-0.4, -0.2) is 71.3 Å². The summed E-state index contributed by atoms with van der Waals surface area (Å²) in [4.78, 5) is 27.9. The monoisotopic (exact) mass is 306 g/mol. The molecule has 0 aromatic carbocycles. The summed E-state index contributed by atoms with van der Waals surface area (Å²) >= 11 is 0. The van der Waals surface area contributed by atoms with Crippen LogP contribution in [0.2, 0.25) is 0 Å². The van der Waals surface area contributed by atoms with Crippen LogP contribution in [0, 0.1) is 5.41 Å². The van der Waals surface area contributed by atoms with Gasteiger partial charge < -0.3 is 14.5 Å². The molecule has 1 atom stereocenters. The number of likely N-dealkylation sites (tertiary alicyclic amines) is 1. The average Bonchev–Trinajstić information content (AvgIpc) is 3.10. The Morgan fingerprint density at radius 2 is 2.27 bits per heavy atom. The van der Waals surface area contributed by atoms with Gasteiger partial charge in [0.1, 0.15) is 6.61 Å². The number of carbonyl (C=O) groups is 2. The lowest BCUT2D eigenvalue weighted by Crippen LogP contribution is -2.41. The van der Waals surface area contributed by atoms with Gasteiger partial charge in [0, 0.05) is 44.8 Å². The smallest absolute Gasteiger partial charge is 0.257 e. The van der Waals surface area contributed by atoms with Gasteiger partial charge in [-0.1, -0.05) is 0 Å². The molecule has 7 heteroatoms. The van der Waals surface area contributed by atoms with Gasteiger partial charge in [0.05, 0.1) is 18.4 Å². The largest absolute Gasteiger partial charge is 0.371 e. The van der Waals surface area contributed by atoms with Gasteiger partial charge in [0.15, 0.2) is 0 Å². The van der Waals surface area contributed by atoms with Crippen LogP contribution in [0.1, 0.15) is 23.7 Å². The molecule has 22 heavy (non-hydrogen) atoms. The molecular formula is C15H22N4O3. The third kappa shape index (κ3) is 2.72. The van der Waals surface area contributed by atoms with E-state index in [0.29, 0.717) is 31.8 Å². The van der Waals surface area contributed by atoms with Crippen LogP contribution in [0.3, 0.4) is 0 Å². The molecule has 2 fully saturated rings. The minimum atomic E-state index is -0.142. The third-order valence-electron chi connectivity index (χ3n) is 4.56. The third-order valence-corrected chi connectivity index (χ3v) is 4.56. The van der Waals surface area contributed by atoms with Crippen molar-refractivity contribution in [1.29, 1.82) is 0 Å². The summed E-state index contributed by atoms with van der Waals surface area (Å²) in [7, 11) is 1.80. The first kappa shape index (κ1) is 15.0. The first-order chi connectivity index (χ1) is 10.5. The van der Waals surface area contributed by atoms with Gasteiger partial charge >= 0.3 is 0 Å². The Bertz CT molecular complexity index is 585. The van der Waals surface area contributed by atoms with E-state index < -0.39 is 0 Å². The van der Waals surface area contributed by atoms with Crippen LogP contribution in [-0.2, 0) is 16.1 Å². The number of aromatic nitrogens is 2. The van der Waals surface area contributed by atoms with E-state index in [0.717, 1.165) is 13.0 Å². The van der Waals surface area contributed by atoms with Crippen molar-refractivity contribution < 1.29 is 14.3 Å². The van der Waals surface area contributed by atoms with E-state index in [9.17, 15) is 9.59 Å². The van der Waals surface area contributed by atoms with E-state index in [2.05, 4.69) is 5.10 Å². The number of hydrogen-bond donors (Lipinski definition) is 0. The van der Waals surface area contributed by atoms with Gasteiger partial charge in [-0.05, 0) is 13.3 Å². The first-order valence-corrected chi connectivity index (χ1v) is 7.66. The molecule has 1 aromatic heterocycles. The fraction of sp³-hybridized carbons (Fsp3) is 0.667. The van der Waals surface area contributed by atoms with Crippen molar-refractivity contribution in [2.24, 2.45) is 5.41 Å². The second-order valence-electron chi connectivity index (χ2n) is 6.30. The van der Waals surface area contributed by atoms with Gasteiger partial charge in [0.25, 0.3) is 5.91 Å². The van der Waals surface area contributed by atoms with Crippen LogP contribution in [0.25, 0.3) is 0 Å². The molecule has 0 saturated carbocycles. The summed E-state index contributed by atoms with van der Waals surface area (Å²) in [6.07, 6.45) is 4.26. The first-order valence-electron chi connectivity index (χ1n) is 7.66. The Morgan fingerprint density at radius 3 is 3.00 bits per heavy atom. The van der Waals surface area contributed by atoms with Crippen LogP contribution < -0.4 is 0 Å². The highest BCUT2D eigenvalue weighted by Crippen LogP contribution is 2.33. The van der Waals surface area contributed by atoms with Crippen LogP contribution in [0.5, 0.6) is 0 Å². The van der Waals surface area contributed by atoms with Crippen LogP contribution in [0.15, 0.2) is 12.4 Å². The van der Waals surface area contributed by atoms with Crippen molar-refractivity contribution in [3.05, 3.63) is 18.0 Å². The molecule has 2 aliphatic heterocycles. The summed E-state index contributed by atoms with van der Waals surface area (Å²) in [6, 6.07) is 0. The predicted octanol–water partition coefficient (Wildman–Crippen LogP) is 0.224. The lowest BCUT2D eigenvalue weighted by atomic mass is 9.88. The molecule has 0 aliphatic carbocycles. The molecule has 3 rings (SSSR count). The van der Waals surface area contributed by atoms with E-state index >= 15 is 0 Å². The summed E-state index contributed by atoms with van der Waals surface area (Å²) in [5.41, 5.74) is 0.481. The van der Waals surface area contributed by atoms with Crippen molar-refractivity contribution in [3.8, 4) is 0 Å². The van der Waals surface area contributed by atoms with E-state index in [4.69, 9.17) is 4.74 Å². The summed E-state index contributed by atoms with van der Waals surface area (Å²) in [5, 5.41) is 4.16. The molecule has 3 heterocycles. The zero-order valence-corrected chi connectivity index (χ0v) is 13.1. The molecule has 1 spiro atoms. The molecule has 120 valence electrons. The number of hydrogen-bond acceptors (Lipinski definition) is 4. The topological polar surface area (TPSA) is 67.7 Å². The molecule has 0 radical (unpaired) electrons. The van der Waals surface area contributed by atoms with Gasteiger partial charge in [-0.25, -0.2) is 0 Å². The Morgan fingerprint density at radius 1 is 1.45 bits per heavy atom. The molecule has 7 nitrogen and oxygen atoms in total. The maximum Gasteiger partial charge on any atom is 0.257 e. The molecule has 2 aliphatic rings. The van der Waals surface area contributed by atoms with Gasteiger partial charge in [-0.3, -0.25) is 14.3 Å². The standard InChI is InChI=1S/C15H22N4O3/c1-3-19-7-12(6-16-19)14(21)18-5-4-15(10-18)9-17(2)13(20)8-22-11-15/h6-7H,3-5,8-11H2,1-2H3. The van der Waals surface area contributed by atoms with Crippen molar-refractivity contribution in [3.63, 3.8) is 0 Å². The zero-order valence-electron chi connectivity index (χ0n) is 13.1. The highest BCUT2D eigenvalue weighted by molar-refractivity contribution is 5.94. The molecule has 1 unspecified atom stereocenters. The van der Waals surface area contributed by atoms with Crippen LogP contribution in [0.4, 0.5) is 0 Å². The maximum absolute atomic E-state index is 12.6. The highest BCUT2D eigenvalue weighted by Gasteiger charge is 2.43. The highest BCUT2D eigenvalue weighted by atomic mass is 16.5. The number of ether oxygens (including phenoxy) is 1. The number of aryl methyl sites for hydroxylation is 1. The van der Waals surface area contributed by atoms with Gasteiger partial charge in [-0.2, -0.15) is 5.10 Å². The number of rotatable bonds is 2. The normalized spacial score (nSPS) is 25.8. The minimum absolute atomic E-state index is 0.00544. The quantitative estimate of drug-likeness (QED) is 0.784. The predicted molar refractivity (Wildman–Crippen MR) is 79.3 cm³/mol. The number of likely N-dealkylation sites (N-methyl/N-ethyl adjacent to an activating group) is 1. The Hall–Kier alpha value is -1.89. The number of amides is 2. The van der Waals surface area contributed by atoms with Crippen LogP contribution >= 0.6 is 0 Å². The van der Waals surface area contributed by atoms with E-state index in [-0.39, 0.29) is 23.8 Å². The zero-order chi connectivity index (χ0) is 15.7. The van der Waals surface area contributed by atoms with E-state index in [1.807, 2.05) is 11.8 Å². The molecule has 2 amide bonds. The summed E-state index contributed by atoms with van der Waals surface area (Å²) in [6.45, 7) is 5.36. The van der Waals surface area contributed by atoms with Gasteiger partial charge in [0.2, 0.25) is 5.91 Å². The fourth-order valence-corrected chi connectivity index (χ4v) is 3.29. The lowest BCUT2D eigenvalue weighted by Gasteiger charge is -2.29. The molecule has 0 bridgehead atoms. The number of nitrogens with zero attached hydrogens (tertiary/aromatic N) is 4. The minimum Gasteiger partial charge on any atom is -0.371 e. The van der Waals surface area contributed by atoms with E-state index in [1.165, 1.54) is 0 Å². The van der Waals surface area contributed by atoms with Gasteiger partial charge in [-0.15, -0.1) is 0 Å². The molecule has 2 saturated heterocycles. The van der Waals surface area contributed by atoms with Crippen molar-refractivity contribution in [2.45, 2.75) is 19.9 Å². The molecular weight excluding hydrogens is 284 g/mol. The number of carbonyl (C=O) groups excluding carboxylic acids is 2.